The number of likely N-dealkylation sites (tertiary alicyclic amines) is 1. The van der Waals surface area contributed by atoms with Gasteiger partial charge in [-0.25, -0.2) is 17.5 Å². The molecule has 1 aliphatic heterocycles. The lowest BCUT2D eigenvalue weighted by Crippen LogP contribution is -2.63. The highest BCUT2D eigenvalue weighted by molar-refractivity contribution is 7.89. The second-order valence-corrected chi connectivity index (χ2v) is 18.8. The average Bonchev–Trinajstić information content (AvgIpc) is 3.37. The number of amides is 5. The Bertz CT molecular complexity index is 1490. The molecule has 13 nitrogen and oxygen atoms in total. The molecule has 286 valence electrons. The van der Waals surface area contributed by atoms with Crippen LogP contribution >= 0.6 is 0 Å². The molecule has 1 heterocycles. The summed E-state index contributed by atoms with van der Waals surface area (Å²) in [5.41, 5.74) is -1.37. The monoisotopic (exact) mass is 732 g/mol. The first-order valence-corrected chi connectivity index (χ1v) is 19.8. The molecule has 51 heavy (non-hydrogen) atoms. The highest BCUT2D eigenvalue weighted by atomic mass is 32.2. The third-order valence-electron chi connectivity index (χ3n) is 11.4. The van der Waals surface area contributed by atoms with Crippen LogP contribution in [0.1, 0.15) is 93.4 Å². The van der Waals surface area contributed by atoms with Gasteiger partial charge in [0.2, 0.25) is 27.6 Å². The third-order valence-corrected chi connectivity index (χ3v) is 13.3. The number of terminal acetylenes is 1. The van der Waals surface area contributed by atoms with E-state index in [9.17, 15) is 32.4 Å². The normalized spacial score (nSPS) is 23.8. The van der Waals surface area contributed by atoms with Gasteiger partial charge in [-0.15, -0.1) is 18.9 Å². The van der Waals surface area contributed by atoms with E-state index in [1.54, 1.807) is 11.8 Å². The van der Waals surface area contributed by atoms with Gasteiger partial charge in [-0.2, -0.15) is 0 Å². The van der Waals surface area contributed by atoms with Gasteiger partial charge in [-0.1, -0.05) is 66.9 Å². The van der Waals surface area contributed by atoms with Crippen molar-refractivity contribution in [3.05, 3.63) is 12.7 Å². The van der Waals surface area contributed by atoms with E-state index in [1.165, 1.54) is 17.4 Å². The minimum atomic E-state index is -3.51. The highest BCUT2D eigenvalue weighted by Gasteiger charge is 2.70. The van der Waals surface area contributed by atoms with Crippen molar-refractivity contribution in [2.75, 3.05) is 32.4 Å². The molecule has 0 spiro atoms. The van der Waals surface area contributed by atoms with Crippen LogP contribution in [-0.2, 0) is 29.2 Å². The van der Waals surface area contributed by atoms with E-state index in [-0.39, 0.29) is 54.8 Å². The van der Waals surface area contributed by atoms with Crippen molar-refractivity contribution in [1.82, 2.24) is 30.5 Å². The maximum atomic E-state index is 14.8. The van der Waals surface area contributed by atoms with Crippen LogP contribution in [0.4, 0.5) is 4.79 Å². The number of rotatable bonds is 16. The number of fused-ring (bicyclic) bond motifs is 1. The van der Waals surface area contributed by atoms with Gasteiger partial charge in [-0.3, -0.25) is 19.2 Å². The molecule has 2 aliphatic carbocycles. The molecular formula is C37H60N6O7S. The molecule has 0 aromatic rings. The molecule has 14 heteroatoms. The van der Waals surface area contributed by atoms with Crippen LogP contribution in [-0.4, -0.2) is 104 Å². The molecule has 3 rings (SSSR count). The lowest BCUT2D eigenvalue weighted by atomic mass is 9.70. The summed E-state index contributed by atoms with van der Waals surface area (Å²) in [5, 5.41) is 11.2. The number of likely N-dealkylation sites (N-methyl/N-ethyl adjacent to an activating group) is 1. The third kappa shape index (κ3) is 9.71. The Hall–Kier alpha value is -3.44. The minimum Gasteiger partial charge on any atom is -0.346 e. The zero-order valence-electron chi connectivity index (χ0n) is 31.8. The highest BCUT2D eigenvalue weighted by Crippen LogP contribution is 2.65. The first-order chi connectivity index (χ1) is 23.7. The Balaban J connectivity index is 1.92. The molecule has 1 unspecified atom stereocenters. The van der Waals surface area contributed by atoms with Crippen molar-refractivity contribution < 1.29 is 32.4 Å². The van der Waals surface area contributed by atoms with Crippen LogP contribution in [0.5, 0.6) is 0 Å². The fourth-order valence-corrected chi connectivity index (χ4v) is 8.60. The summed E-state index contributed by atoms with van der Waals surface area (Å²) in [6.07, 6.45) is 11.2. The Kier molecular flexibility index (Phi) is 13.6. The van der Waals surface area contributed by atoms with Gasteiger partial charge in [0.05, 0.1) is 11.8 Å². The SMILES string of the molecule is C#CCCC(NC(=O)[C@@H]1[C@@H]2[C@H](CN1C(=O)[C@@H](NC(=O)N[C@H](CN(C)S(=O)(=O)CC)C(C)(C)C)C1(C)CCCCC1)C2(C)C)C(=O)C(=O)NCC=C. The maximum absolute atomic E-state index is 14.8. The number of piperidine rings is 1. The smallest absolute Gasteiger partial charge is 0.315 e. The van der Waals surface area contributed by atoms with E-state index in [0.29, 0.717) is 19.4 Å². The standard InChI is InChI=1S/C37H60N6O7S/c1-11-14-18-25(29(44)32(46)38-21-12-2)39-31(45)28-27-24(36(27,7)8)22-43(28)33(47)30(37(9)19-16-15-17-20-37)41-34(48)40-26(35(4,5)6)23-42(10)51(49,50)13-3/h1,12,24-28,30H,2,13-23H2,3-10H3,(H,38,46)(H,39,45)(H2,40,41,48)/t24-,25?,26+,27-,28-,30+/m0/s1. The van der Waals surface area contributed by atoms with Gasteiger partial charge in [0, 0.05) is 39.1 Å². The number of nitrogens with one attached hydrogen (secondary N) is 4. The maximum Gasteiger partial charge on any atom is 0.315 e. The number of sulfonamides is 1. The summed E-state index contributed by atoms with van der Waals surface area (Å²) in [4.78, 5) is 70.0. The Morgan fingerprint density at radius 2 is 1.69 bits per heavy atom. The summed E-state index contributed by atoms with van der Waals surface area (Å²) in [5.74, 6) is -0.402. The second kappa shape index (κ2) is 16.5. The van der Waals surface area contributed by atoms with Crippen LogP contribution in [0.3, 0.4) is 0 Å². The largest absolute Gasteiger partial charge is 0.346 e. The van der Waals surface area contributed by atoms with Gasteiger partial charge >= 0.3 is 6.03 Å². The predicted molar refractivity (Wildman–Crippen MR) is 196 cm³/mol. The number of carbonyl (C=O) groups excluding carboxylic acids is 5. The van der Waals surface area contributed by atoms with E-state index in [1.807, 2.05) is 41.5 Å². The van der Waals surface area contributed by atoms with E-state index < -0.39 is 68.6 Å². The van der Waals surface area contributed by atoms with Crippen LogP contribution in [0.2, 0.25) is 0 Å². The predicted octanol–water partition coefficient (Wildman–Crippen LogP) is 2.57. The van der Waals surface area contributed by atoms with Gasteiger partial charge < -0.3 is 26.2 Å². The molecular weight excluding hydrogens is 673 g/mol. The molecule has 0 aromatic carbocycles. The zero-order chi connectivity index (χ0) is 38.5. The molecule has 3 aliphatic rings. The number of nitrogens with zero attached hydrogens (tertiary/aromatic N) is 2. The zero-order valence-corrected chi connectivity index (χ0v) is 32.6. The molecule has 6 atom stereocenters. The molecule has 2 saturated carbocycles. The topological polar surface area (TPSA) is 174 Å². The summed E-state index contributed by atoms with van der Waals surface area (Å²) < 4.78 is 26.4. The van der Waals surface area contributed by atoms with E-state index in [0.717, 1.165) is 19.3 Å². The van der Waals surface area contributed by atoms with Crippen molar-refractivity contribution in [2.24, 2.45) is 28.1 Å². The summed E-state index contributed by atoms with van der Waals surface area (Å²) >= 11 is 0. The van der Waals surface area contributed by atoms with Gasteiger partial charge in [0.1, 0.15) is 12.1 Å². The number of carbonyl (C=O) groups is 5. The van der Waals surface area contributed by atoms with Gasteiger partial charge in [-0.05, 0) is 54.3 Å². The fraction of sp³-hybridized carbons (Fsp3) is 0.757. The van der Waals surface area contributed by atoms with Crippen LogP contribution in [0.25, 0.3) is 0 Å². The van der Waals surface area contributed by atoms with Crippen molar-refractivity contribution >= 4 is 39.6 Å². The number of hydrogen-bond donors (Lipinski definition) is 4. The molecule has 0 bridgehead atoms. The molecule has 0 radical (unpaired) electrons. The Morgan fingerprint density at radius 3 is 2.24 bits per heavy atom. The lowest BCUT2D eigenvalue weighted by molar-refractivity contribution is -0.146. The Morgan fingerprint density at radius 1 is 1.06 bits per heavy atom. The number of Topliss-reactive ketones (excluding diaryl/α,β-unsaturated/α-hetero) is 1. The van der Waals surface area contributed by atoms with Gasteiger partial charge in [0.25, 0.3) is 5.91 Å². The first kappa shape index (κ1) is 42.0. The van der Waals surface area contributed by atoms with Crippen molar-refractivity contribution in [2.45, 2.75) is 118 Å². The van der Waals surface area contributed by atoms with Crippen LogP contribution < -0.4 is 21.3 Å². The lowest BCUT2D eigenvalue weighted by Gasteiger charge is -2.43. The average molecular weight is 733 g/mol. The van der Waals surface area contributed by atoms with Crippen molar-refractivity contribution in [1.29, 1.82) is 0 Å². The number of hydrogen-bond acceptors (Lipinski definition) is 7. The fourth-order valence-electron chi connectivity index (χ4n) is 7.78. The van der Waals surface area contributed by atoms with Gasteiger partial charge in [0.15, 0.2) is 0 Å². The molecule has 5 amide bonds. The van der Waals surface area contributed by atoms with Crippen LogP contribution in [0.15, 0.2) is 12.7 Å². The van der Waals surface area contributed by atoms with Crippen molar-refractivity contribution in [3.8, 4) is 12.3 Å². The number of urea groups is 1. The molecule has 0 aromatic heterocycles. The summed E-state index contributed by atoms with van der Waals surface area (Å²) in [7, 11) is -2.03. The van der Waals surface area contributed by atoms with E-state index in [4.69, 9.17) is 6.42 Å². The molecule has 1 saturated heterocycles. The van der Waals surface area contributed by atoms with Crippen LogP contribution in [0, 0.1) is 40.4 Å². The summed E-state index contributed by atoms with van der Waals surface area (Å²) in [6.45, 7) is 17.3. The van der Waals surface area contributed by atoms with E-state index >= 15 is 0 Å². The van der Waals surface area contributed by atoms with E-state index in [2.05, 4.69) is 33.8 Å². The first-order valence-electron chi connectivity index (χ1n) is 18.1. The van der Waals surface area contributed by atoms with Crippen molar-refractivity contribution in [3.63, 3.8) is 0 Å². The molecule has 3 fully saturated rings. The molecule has 4 N–H and O–H groups in total. The second-order valence-electron chi connectivity index (χ2n) is 16.4. The quantitative estimate of drug-likeness (QED) is 0.107. The summed E-state index contributed by atoms with van der Waals surface area (Å²) in [6, 6.07) is -4.27. The Labute approximate surface area is 304 Å². The minimum absolute atomic E-state index is 0.0305. The number of ketones is 1.